The van der Waals surface area contributed by atoms with Crippen molar-refractivity contribution in [1.82, 2.24) is 0 Å². The molecule has 0 aromatic rings. The second kappa shape index (κ2) is 14.0. The highest BCUT2D eigenvalue weighted by molar-refractivity contribution is 8.14. The summed E-state index contributed by atoms with van der Waals surface area (Å²) < 4.78 is 62.0. The molecule has 0 spiro atoms. The highest BCUT2D eigenvalue weighted by Gasteiger charge is 2.44. The van der Waals surface area contributed by atoms with Crippen molar-refractivity contribution in [2.75, 3.05) is 18.6 Å². The summed E-state index contributed by atoms with van der Waals surface area (Å²) in [7, 11) is -7.78. The zero-order valence-electron chi connectivity index (χ0n) is 17.8. The molecule has 5 atom stereocenters. The second-order valence-corrected chi connectivity index (χ2v) is 12.1. The smallest absolute Gasteiger partial charge is 0.394 e. The molecule has 1 rings (SSSR count). The number of unbranched alkanes of at least 4 members (excludes halogenated alkanes) is 6. The molecule has 0 aromatic heterocycles. The first kappa shape index (κ1) is 29.5. The van der Waals surface area contributed by atoms with Crippen molar-refractivity contribution in [3.8, 4) is 0 Å². The Bertz CT molecular complexity index is 786. The fraction of sp³-hybridized carbons (Fsp3) is 0.941. The molecule has 1 heterocycles. The number of oxime groups is 1. The molecule has 0 unspecified atom stereocenters. The van der Waals surface area contributed by atoms with Crippen LogP contribution in [-0.4, -0.2) is 95.3 Å². The molecule has 0 radical (unpaired) electrons. The summed E-state index contributed by atoms with van der Waals surface area (Å²) in [6.45, 7) is -0.611. The summed E-state index contributed by atoms with van der Waals surface area (Å²) in [6.07, 6.45) is 1.06. The van der Waals surface area contributed by atoms with Gasteiger partial charge in [-0.15, -0.1) is 0 Å². The lowest BCUT2D eigenvalue weighted by atomic mass is 10.0. The van der Waals surface area contributed by atoms with Gasteiger partial charge >= 0.3 is 10.4 Å². The number of hydrogen-bond acceptors (Lipinski definition) is 12. The molecule has 0 saturated carbocycles. The minimum absolute atomic E-state index is 0.0695. The first-order valence-electron chi connectivity index (χ1n) is 10.2. The first-order chi connectivity index (χ1) is 14.8. The first-order valence-corrected chi connectivity index (χ1v) is 14.5. The third-order valence-corrected chi connectivity index (χ3v) is 7.21. The van der Waals surface area contributed by atoms with E-state index in [0.29, 0.717) is 12.8 Å². The predicted molar refractivity (Wildman–Crippen MR) is 118 cm³/mol. The third-order valence-electron chi connectivity index (χ3n) is 4.74. The van der Waals surface area contributed by atoms with E-state index in [1.165, 1.54) is 6.26 Å². The number of ether oxygens (including phenoxy) is 1. The van der Waals surface area contributed by atoms with E-state index in [9.17, 15) is 37.3 Å². The van der Waals surface area contributed by atoms with E-state index in [1.807, 2.05) is 0 Å². The molecule has 1 aliphatic heterocycles. The molecule has 1 fully saturated rings. The lowest BCUT2D eigenvalue weighted by molar-refractivity contribution is -0.205. The monoisotopic (exact) mass is 523 g/mol. The molecule has 0 aromatic carbocycles. The molecule has 0 bridgehead atoms. The van der Waals surface area contributed by atoms with Gasteiger partial charge < -0.3 is 25.2 Å². The van der Waals surface area contributed by atoms with E-state index >= 15 is 0 Å². The second-order valence-electron chi connectivity index (χ2n) is 7.66. The van der Waals surface area contributed by atoms with E-state index in [4.69, 9.17) is 9.29 Å². The number of sulfone groups is 1. The molecule has 1 aliphatic rings. The van der Waals surface area contributed by atoms with E-state index in [-0.39, 0.29) is 17.2 Å². The van der Waals surface area contributed by atoms with E-state index in [2.05, 4.69) is 9.44 Å². The normalized spacial score (nSPS) is 27.4. The van der Waals surface area contributed by atoms with Gasteiger partial charge in [0.1, 0.15) is 44.7 Å². The Labute approximate surface area is 192 Å². The van der Waals surface area contributed by atoms with Crippen molar-refractivity contribution in [1.29, 1.82) is 0 Å². The number of aliphatic hydroxyl groups is 4. The molecule has 190 valence electrons. The lowest BCUT2D eigenvalue weighted by Crippen LogP contribution is -2.57. The fourth-order valence-corrected chi connectivity index (χ4v) is 5.11. The molecule has 1 saturated heterocycles. The minimum Gasteiger partial charge on any atom is -0.394 e. The molecule has 0 aliphatic carbocycles. The topological polar surface area (TPSA) is 200 Å². The average Bonchev–Trinajstić information content (AvgIpc) is 2.69. The van der Waals surface area contributed by atoms with Crippen LogP contribution in [0.3, 0.4) is 0 Å². The van der Waals surface area contributed by atoms with Gasteiger partial charge in [-0.05, 0) is 19.3 Å². The maximum Gasteiger partial charge on any atom is 0.466 e. The highest BCUT2D eigenvalue weighted by Crippen LogP contribution is 2.30. The Morgan fingerprint density at radius 3 is 2.03 bits per heavy atom. The van der Waals surface area contributed by atoms with Gasteiger partial charge in [-0.1, -0.05) is 49.0 Å². The van der Waals surface area contributed by atoms with Crippen molar-refractivity contribution in [2.45, 2.75) is 81.2 Å². The molecular weight excluding hydrogens is 490 g/mol. The highest BCUT2D eigenvalue weighted by atomic mass is 32.3. The van der Waals surface area contributed by atoms with Crippen molar-refractivity contribution >= 4 is 37.0 Å². The van der Waals surface area contributed by atoms with Crippen LogP contribution in [0.4, 0.5) is 0 Å². The van der Waals surface area contributed by atoms with Crippen LogP contribution >= 0.6 is 11.8 Å². The largest absolute Gasteiger partial charge is 0.466 e. The van der Waals surface area contributed by atoms with Crippen LogP contribution in [-0.2, 0) is 29.3 Å². The van der Waals surface area contributed by atoms with Crippen molar-refractivity contribution < 1.29 is 50.8 Å². The van der Waals surface area contributed by atoms with Crippen LogP contribution in [0.2, 0.25) is 0 Å². The van der Waals surface area contributed by atoms with Crippen molar-refractivity contribution in [2.24, 2.45) is 5.16 Å². The number of thioether (sulfide) groups is 1. The number of rotatable bonds is 14. The Kier molecular flexibility index (Phi) is 12.9. The summed E-state index contributed by atoms with van der Waals surface area (Å²) >= 11 is 0.755. The van der Waals surface area contributed by atoms with E-state index in [1.54, 1.807) is 0 Å². The summed E-state index contributed by atoms with van der Waals surface area (Å²) in [5.74, 6) is 0.176. The SMILES string of the molecule is CS(=O)(=O)CCCCCCCCC/C(=N/OS(=O)(=O)O)S[C@H]1O[C@@H](CO)[C@H](O)[C@@H](O)[C@H]1O. The van der Waals surface area contributed by atoms with Gasteiger partial charge in [-0.2, -0.15) is 8.42 Å². The summed E-state index contributed by atoms with van der Waals surface area (Å²) in [4.78, 5) is 0. The van der Waals surface area contributed by atoms with E-state index in [0.717, 1.165) is 43.9 Å². The Hall–Kier alpha value is -0.520. The van der Waals surface area contributed by atoms with Crippen LogP contribution in [0.15, 0.2) is 5.16 Å². The van der Waals surface area contributed by atoms with Gasteiger partial charge in [-0.25, -0.2) is 12.7 Å². The van der Waals surface area contributed by atoms with Gasteiger partial charge in [0, 0.05) is 12.0 Å². The number of aliphatic hydroxyl groups excluding tert-OH is 4. The maximum absolute atomic E-state index is 11.1. The molecule has 12 nitrogen and oxygen atoms in total. The van der Waals surface area contributed by atoms with Crippen molar-refractivity contribution in [3.63, 3.8) is 0 Å². The van der Waals surface area contributed by atoms with Gasteiger partial charge in [-0.3, -0.25) is 4.55 Å². The summed E-state index contributed by atoms with van der Waals surface area (Å²) in [6, 6.07) is 0. The third kappa shape index (κ3) is 12.1. The van der Waals surface area contributed by atoms with Crippen LogP contribution in [0.1, 0.15) is 51.4 Å². The lowest BCUT2D eigenvalue weighted by Gasteiger charge is -2.39. The van der Waals surface area contributed by atoms with Gasteiger partial charge in [0.25, 0.3) is 0 Å². The zero-order valence-corrected chi connectivity index (χ0v) is 20.3. The van der Waals surface area contributed by atoms with Crippen LogP contribution in [0.25, 0.3) is 0 Å². The summed E-state index contributed by atoms with van der Waals surface area (Å²) in [5.41, 5.74) is -1.16. The number of nitrogens with zero attached hydrogens (tertiary/aromatic N) is 1. The quantitative estimate of drug-likeness (QED) is 0.0662. The Morgan fingerprint density at radius 1 is 0.938 bits per heavy atom. The van der Waals surface area contributed by atoms with Gasteiger partial charge in [0.05, 0.1) is 6.61 Å². The molecule has 15 heteroatoms. The van der Waals surface area contributed by atoms with Gasteiger partial charge in [0.2, 0.25) is 0 Å². The predicted octanol–water partition coefficient (Wildman–Crippen LogP) is -0.182. The van der Waals surface area contributed by atoms with Crippen LogP contribution in [0, 0.1) is 0 Å². The molecular formula is C17H33NO11S3. The fourth-order valence-electron chi connectivity index (χ4n) is 3.04. The molecule has 0 amide bonds. The standard InChI is InChI=1S/C17H33NO11S3/c1-31(23,24)10-8-6-4-2-3-5-7-9-13(18-29-32(25,26)27)30-17-16(22)15(21)14(20)12(11-19)28-17/h12,14-17,19-22H,2-11H2,1H3,(H,25,26,27)/b18-13-/t12-,14-,15+,16+,17+/m0/s1. The maximum atomic E-state index is 11.1. The molecule has 32 heavy (non-hydrogen) atoms. The zero-order chi connectivity index (χ0) is 24.4. The summed E-state index contributed by atoms with van der Waals surface area (Å²) in [5, 5.41) is 42.6. The van der Waals surface area contributed by atoms with Gasteiger partial charge in [0.15, 0.2) is 0 Å². The average molecular weight is 524 g/mol. The number of hydrogen-bond donors (Lipinski definition) is 5. The molecule has 5 N–H and O–H groups in total. The van der Waals surface area contributed by atoms with Crippen LogP contribution < -0.4 is 0 Å². The Balaban J connectivity index is 2.52. The van der Waals surface area contributed by atoms with Crippen LogP contribution in [0.5, 0.6) is 0 Å². The van der Waals surface area contributed by atoms with E-state index < -0.39 is 56.7 Å². The Morgan fingerprint density at radius 2 is 1.50 bits per heavy atom. The minimum atomic E-state index is -4.84. The van der Waals surface area contributed by atoms with Crippen molar-refractivity contribution in [3.05, 3.63) is 0 Å².